The van der Waals surface area contributed by atoms with E-state index in [1.807, 2.05) is 0 Å². The Morgan fingerprint density at radius 2 is 1.50 bits per heavy atom. The second-order valence-corrected chi connectivity index (χ2v) is 1.28. The Labute approximate surface area is 55.6 Å². The molecule has 0 saturated carbocycles. The molecule has 4 nitrogen and oxygen atoms in total. The predicted molar refractivity (Wildman–Crippen MR) is 12.3 cm³/mol. The first-order valence-corrected chi connectivity index (χ1v) is 2.05. The van der Waals surface area contributed by atoms with Gasteiger partial charge in [0.25, 0.3) is 0 Å². The molecule has 0 saturated heterocycles. The Morgan fingerprint density at radius 3 is 1.50 bits per heavy atom. The van der Waals surface area contributed by atoms with Crippen molar-refractivity contribution >= 4 is 10.4 Å². The molecule has 0 aliphatic rings. The minimum Gasteiger partial charge on any atom is -0.726 e. The van der Waals surface area contributed by atoms with Crippen LogP contribution in [0.2, 0.25) is 0 Å². The van der Waals surface area contributed by atoms with Crippen LogP contribution in [-0.4, -0.2) is 17.5 Å². The van der Waals surface area contributed by atoms with E-state index in [-0.39, 0.29) is 27.7 Å². The van der Waals surface area contributed by atoms with Gasteiger partial charge in [-0.15, -0.1) is 0 Å². The Balaban J connectivity index is 0. The molecule has 1 N–H and O–H groups in total. The molecule has 0 aromatic carbocycles. The predicted octanol–water partition coefficient (Wildman–Crippen LogP) is -0.998. The van der Waals surface area contributed by atoms with E-state index in [1.165, 1.54) is 0 Å². The van der Waals surface area contributed by atoms with E-state index in [1.54, 1.807) is 0 Å². The molecule has 33 valence electrons. The van der Waals surface area contributed by atoms with Gasteiger partial charge in [-0.2, -0.15) is 0 Å². The minimum absolute atomic E-state index is 0. The van der Waals surface area contributed by atoms with Crippen LogP contribution in [0.1, 0.15) is 0 Å². The topological polar surface area (TPSA) is 77.4 Å². The fraction of sp³-hybridized carbons (Fsp3) is 0. The SMILES string of the molecule is O=S(=O)([O-])O.[Hg+]. The van der Waals surface area contributed by atoms with Crippen molar-refractivity contribution < 1.29 is 45.2 Å². The molecule has 0 aliphatic heterocycles. The molecule has 6 heavy (non-hydrogen) atoms. The van der Waals surface area contributed by atoms with E-state index in [0.29, 0.717) is 0 Å². The van der Waals surface area contributed by atoms with E-state index in [4.69, 9.17) is 17.5 Å². The summed E-state index contributed by atoms with van der Waals surface area (Å²) in [4.78, 5) is 0. The van der Waals surface area contributed by atoms with Crippen molar-refractivity contribution in [1.82, 2.24) is 0 Å². The number of hydrogen-bond acceptors (Lipinski definition) is 3. The third kappa shape index (κ3) is 107. The Morgan fingerprint density at radius 1 is 1.50 bits per heavy atom. The van der Waals surface area contributed by atoms with Crippen LogP contribution in [0.4, 0.5) is 0 Å². The summed E-state index contributed by atoms with van der Waals surface area (Å²) in [6.45, 7) is 0. The largest absolute Gasteiger partial charge is 1.00 e. The molecule has 0 fully saturated rings. The molecule has 0 unspecified atom stereocenters. The molecule has 0 rings (SSSR count). The Kier molecular flexibility index (Phi) is 4.79. The van der Waals surface area contributed by atoms with Gasteiger partial charge in [0.1, 0.15) is 0 Å². The summed E-state index contributed by atoms with van der Waals surface area (Å²) in [7, 11) is -4.92. The smallest absolute Gasteiger partial charge is 0.726 e. The summed E-state index contributed by atoms with van der Waals surface area (Å²) >= 11 is 0. The van der Waals surface area contributed by atoms with Crippen molar-refractivity contribution in [3.63, 3.8) is 0 Å². The van der Waals surface area contributed by atoms with Crippen LogP contribution in [0.3, 0.4) is 0 Å². The average molecular weight is 298 g/mol. The van der Waals surface area contributed by atoms with Crippen LogP contribution < -0.4 is 0 Å². The summed E-state index contributed by atoms with van der Waals surface area (Å²) in [5.74, 6) is 0. The fourth-order valence-electron chi connectivity index (χ4n) is 0. The molecule has 0 aromatic heterocycles. The van der Waals surface area contributed by atoms with Gasteiger partial charge in [0.2, 0.25) is 10.4 Å². The van der Waals surface area contributed by atoms with Crippen molar-refractivity contribution in [1.29, 1.82) is 0 Å². The molecule has 0 aliphatic carbocycles. The Bertz CT molecular complexity index is 90.7. The van der Waals surface area contributed by atoms with Gasteiger partial charge >= 0.3 is 27.7 Å². The standard InChI is InChI=1S/Hg.H2O4S/c;1-5(2,3)4/h;(H2,1,2,3,4)/q+1;/p-1. The maximum Gasteiger partial charge on any atom is 1.00 e. The third-order valence-corrected chi connectivity index (χ3v) is 0. The molecular formula is HHgO4S. The Hall–Kier alpha value is 0.805. The van der Waals surface area contributed by atoms with Gasteiger partial charge in [-0.3, -0.25) is 4.55 Å². The summed E-state index contributed by atoms with van der Waals surface area (Å²) in [5, 5.41) is 0. The minimum atomic E-state index is -4.92. The number of rotatable bonds is 0. The van der Waals surface area contributed by atoms with Gasteiger partial charge in [-0.25, -0.2) is 8.42 Å². The van der Waals surface area contributed by atoms with Gasteiger partial charge in [-0.1, -0.05) is 0 Å². The van der Waals surface area contributed by atoms with Gasteiger partial charge in [0.05, 0.1) is 0 Å². The van der Waals surface area contributed by atoms with Gasteiger partial charge < -0.3 is 4.55 Å². The van der Waals surface area contributed by atoms with Crippen molar-refractivity contribution in [2.24, 2.45) is 0 Å². The van der Waals surface area contributed by atoms with Gasteiger partial charge in [0.15, 0.2) is 0 Å². The average Bonchev–Trinajstić information content (AvgIpc) is 0.722. The summed E-state index contributed by atoms with van der Waals surface area (Å²) < 4.78 is 32.8. The maximum absolute atomic E-state index is 8.63. The molecule has 0 heterocycles. The molecule has 1 radical (unpaired) electrons. The normalized spacial score (nSPS) is 9.67. The van der Waals surface area contributed by atoms with Crippen LogP contribution in [-0.2, 0) is 38.1 Å². The number of hydrogen-bond donors (Lipinski definition) is 1. The van der Waals surface area contributed by atoms with E-state index < -0.39 is 10.4 Å². The van der Waals surface area contributed by atoms with Crippen molar-refractivity contribution in [3.05, 3.63) is 0 Å². The van der Waals surface area contributed by atoms with Crippen molar-refractivity contribution in [2.45, 2.75) is 0 Å². The zero-order valence-electron chi connectivity index (χ0n) is 2.79. The second kappa shape index (κ2) is 2.89. The molecule has 0 amide bonds. The van der Waals surface area contributed by atoms with Crippen LogP contribution in [0.25, 0.3) is 0 Å². The van der Waals surface area contributed by atoms with Crippen LogP contribution in [0.5, 0.6) is 0 Å². The van der Waals surface area contributed by atoms with E-state index in [0.717, 1.165) is 0 Å². The van der Waals surface area contributed by atoms with E-state index in [2.05, 4.69) is 0 Å². The van der Waals surface area contributed by atoms with Crippen LogP contribution >= 0.6 is 0 Å². The zero-order valence-corrected chi connectivity index (χ0v) is 9.10. The molecule has 0 aromatic rings. The fourth-order valence-corrected chi connectivity index (χ4v) is 0. The van der Waals surface area contributed by atoms with Crippen molar-refractivity contribution in [2.75, 3.05) is 0 Å². The summed E-state index contributed by atoms with van der Waals surface area (Å²) in [5.41, 5.74) is 0. The van der Waals surface area contributed by atoms with Gasteiger partial charge in [0, 0.05) is 0 Å². The molecule has 0 bridgehead atoms. The summed E-state index contributed by atoms with van der Waals surface area (Å²) in [6.07, 6.45) is 0. The van der Waals surface area contributed by atoms with E-state index in [9.17, 15) is 0 Å². The molecular weight excluding hydrogens is 297 g/mol. The first-order valence-electron chi connectivity index (χ1n) is 0.683. The molecule has 0 atom stereocenters. The van der Waals surface area contributed by atoms with E-state index >= 15 is 0 Å². The quantitative estimate of drug-likeness (QED) is 0.353. The monoisotopic (exact) mass is 299 g/mol. The first-order chi connectivity index (χ1) is 2.00. The first kappa shape index (κ1) is 9.93. The molecule has 0 spiro atoms. The third-order valence-electron chi connectivity index (χ3n) is 0. The second-order valence-electron chi connectivity index (χ2n) is 0.428. The van der Waals surface area contributed by atoms with Gasteiger partial charge in [-0.05, 0) is 0 Å². The summed E-state index contributed by atoms with van der Waals surface area (Å²) in [6, 6.07) is 0. The zero-order chi connectivity index (χ0) is 4.50. The van der Waals surface area contributed by atoms with Crippen LogP contribution in [0.15, 0.2) is 0 Å². The molecule has 6 heteroatoms. The maximum atomic E-state index is 8.63. The van der Waals surface area contributed by atoms with Crippen molar-refractivity contribution in [3.8, 4) is 0 Å². The van der Waals surface area contributed by atoms with Crippen LogP contribution in [0, 0.1) is 0 Å².